The predicted molar refractivity (Wildman–Crippen MR) is 88.3 cm³/mol. The van der Waals surface area contributed by atoms with Gasteiger partial charge in [-0.1, -0.05) is 17.7 Å². The summed E-state index contributed by atoms with van der Waals surface area (Å²) < 4.78 is 5.12. The van der Waals surface area contributed by atoms with Gasteiger partial charge in [0, 0.05) is 24.4 Å². The molecule has 1 N–H and O–H groups in total. The van der Waals surface area contributed by atoms with Crippen molar-refractivity contribution in [3.8, 4) is 11.5 Å². The van der Waals surface area contributed by atoms with Gasteiger partial charge in [0.25, 0.3) is 5.91 Å². The molecule has 4 rings (SSSR count). The molecular formula is C18H16N2O3. The number of ether oxygens (including phenoxy) is 1. The number of benzene rings is 2. The first-order valence-electron chi connectivity index (χ1n) is 7.47. The highest BCUT2D eigenvalue weighted by atomic mass is 16.5. The van der Waals surface area contributed by atoms with E-state index in [1.165, 1.54) is 18.7 Å². The lowest BCUT2D eigenvalue weighted by Crippen LogP contribution is -2.37. The number of fused-ring (bicyclic) bond motifs is 4. The fraction of sp³-hybridized carbons (Fsp3) is 0.222. The van der Waals surface area contributed by atoms with Crippen LogP contribution in [-0.4, -0.2) is 30.4 Å². The molecule has 2 aromatic carbocycles. The van der Waals surface area contributed by atoms with Crippen LogP contribution >= 0.6 is 0 Å². The lowest BCUT2D eigenvalue weighted by molar-refractivity contribution is 0.0987. The molecule has 23 heavy (non-hydrogen) atoms. The molecule has 5 heteroatoms. The molecule has 0 bridgehead atoms. The average Bonchev–Trinajstić information content (AvgIpc) is 2.83. The number of aromatic hydroxyl groups is 1. The SMILES string of the molecule is COc1cc2c(cc1O)N=C[C@@H]1Cc3cc(C)ccc3N1C2=O. The number of carbonyl (C=O) groups excluding carboxylic acids is 1. The number of hydrogen-bond acceptors (Lipinski definition) is 4. The Morgan fingerprint density at radius 3 is 2.91 bits per heavy atom. The van der Waals surface area contributed by atoms with Crippen molar-refractivity contribution in [1.29, 1.82) is 0 Å². The van der Waals surface area contributed by atoms with Crippen LogP contribution in [0, 0.1) is 6.92 Å². The summed E-state index contributed by atoms with van der Waals surface area (Å²) in [6, 6.07) is 9.04. The Kier molecular flexibility index (Phi) is 2.91. The Morgan fingerprint density at radius 2 is 2.13 bits per heavy atom. The van der Waals surface area contributed by atoms with Gasteiger partial charge in [-0.15, -0.1) is 0 Å². The van der Waals surface area contributed by atoms with Crippen molar-refractivity contribution in [1.82, 2.24) is 0 Å². The second-order valence-corrected chi connectivity index (χ2v) is 5.90. The number of phenols is 1. The molecule has 0 saturated heterocycles. The zero-order valence-electron chi connectivity index (χ0n) is 12.9. The Balaban J connectivity index is 1.87. The second-order valence-electron chi connectivity index (χ2n) is 5.90. The molecule has 116 valence electrons. The van der Waals surface area contributed by atoms with Crippen LogP contribution in [0.5, 0.6) is 11.5 Å². The summed E-state index contributed by atoms with van der Waals surface area (Å²) in [4.78, 5) is 19.3. The predicted octanol–water partition coefficient (Wildman–Crippen LogP) is 3.00. The van der Waals surface area contributed by atoms with Gasteiger partial charge >= 0.3 is 0 Å². The maximum atomic E-state index is 13.1. The smallest absolute Gasteiger partial charge is 0.261 e. The maximum absolute atomic E-state index is 13.1. The summed E-state index contributed by atoms with van der Waals surface area (Å²) in [7, 11) is 1.46. The first kappa shape index (κ1) is 13.8. The highest BCUT2D eigenvalue weighted by molar-refractivity contribution is 6.14. The monoisotopic (exact) mass is 308 g/mol. The zero-order chi connectivity index (χ0) is 16.1. The molecule has 2 heterocycles. The number of carbonyl (C=O) groups is 1. The van der Waals surface area contributed by atoms with Gasteiger partial charge < -0.3 is 9.84 Å². The van der Waals surface area contributed by atoms with Gasteiger partial charge in [-0.3, -0.25) is 14.7 Å². The third-order valence-electron chi connectivity index (χ3n) is 4.39. The van der Waals surface area contributed by atoms with E-state index in [0.29, 0.717) is 11.3 Å². The molecule has 0 unspecified atom stereocenters. The second kappa shape index (κ2) is 4.84. The van der Waals surface area contributed by atoms with Crippen LogP contribution in [0.4, 0.5) is 11.4 Å². The minimum absolute atomic E-state index is 0.0192. The summed E-state index contributed by atoms with van der Waals surface area (Å²) in [5, 5.41) is 9.91. The van der Waals surface area contributed by atoms with E-state index < -0.39 is 0 Å². The number of phenolic OH excluding ortho intramolecular Hbond substituents is 1. The third-order valence-corrected chi connectivity index (χ3v) is 4.39. The van der Waals surface area contributed by atoms with E-state index in [9.17, 15) is 9.90 Å². The zero-order valence-corrected chi connectivity index (χ0v) is 12.9. The first-order chi connectivity index (χ1) is 11.1. The Labute approximate surface area is 133 Å². The fourth-order valence-corrected chi connectivity index (χ4v) is 3.28. The van der Waals surface area contributed by atoms with Gasteiger partial charge in [0.1, 0.15) is 0 Å². The van der Waals surface area contributed by atoms with E-state index in [4.69, 9.17) is 4.74 Å². The van der Waals surface area contributed by atoms with Crippen LogP contribution in [0.25, 0.3) is 0 Å². The molecule has 0 aliphatic carbocycles. The number of anilines is 1. The summed E-state index contributed by atoms with van der Waals surface area (Å²) >= 11 is 0. The van der Waals surface area contributed by atoms with Crippen molar-refractivity contribution in [2.24, 2.45) is 4.99 Å². The number of aryl methyl sites for hydroxylation is 1. The largest absolute Gasteiger partial charge is 0.504 e. The van der Waals surface area contributed by atoms with Crippen LogP contribution < -0.4 is 9.64 Å². The molecule has 1 amide bonds. The highest BCUT2D eigenvalue weighted by Gasteiger charge is 2.36. The van der Waals surface area contributed by atoms with E-state index in [0.717, 1.165) is 17.7 Å². The summed E-state index contributed by atoms with van der Waals surface area (Å²) in [6.07, 6.45) is 2.54. The summed E-state index contributed by atoms with van der Waals surface area (Å²) in [6.45, 7) is 2.04. The third kappa shape index (κ3) is 2.00. The van der Waals surface area contributed by atoms with E-state index >= 15 is 0 Å². The van der Waals surface area contributed by atoms with Crippen LogP contribution in [0.3, 0.4) is 0 Å². The van der Waals surface area contributed by atoms with Gasteiger partial charge in [0.15, 0.2) is 11.5 Å². The van der Waals surface area contributed by atoms with Crippen molar-refractivity contribution in [2.45, 2.75) is 19.4 Å². The quantitative estimate of drug-likeness (QED) is 0.881. The molecule has 0 radical (unpaired) electrons. The highest BCUT2D eigenvalue weighted by Crippen LogP contribution is 2.40. The number of hydrogen-bond donors (Lipinski definition) is 1. The summed E-state index contributed by atoms with van der Waals surface area (Å²) in [5.74, 6) is 0.131. The van der Waals surface area contributed by atoms with Crippen LogP contribution in [0.15, 0.2) is 35.3 Å². The molecule has 1 atom stereocenters. The number of methoxy groups -OCH3 is 1. The van der Waals surface area contributed by atoms with Crippen LogP contribution in [0.2, 0.25) is 0 Å². The van der Waals surface area contributed by atoms with Gasteiger partial charge in [-0.25, -0.2) is 0 Å². The lowest BCUT2D eigenvalue weighted by atomic mass is 10.1. The molecule has 2 aliphatic heterocycles. The molecule has 0 saturated carbocycles. The number of amides is 1. The lowest BCUT2D eigenvalue weighted by Gasteiger charge is -2.21. The van der Waals surface area contributed by atoms with Crippen LogP contribution in [-0.2, 0) is 6.42 Å². The number of rotatable bonds is 1. The number of nitrogens with zero attached hydrogens (tertiary/aromatic N) is 2. The normalized spacial score (nSPS) is 18.3. The Hall–Kier alpha value is -2.82. The Bertz CT molecular complexity index is 858. The van der Waals surface area contributed by atoms with Gasteiger partial charge in [-0.2, -0.15) is 0 Å². The summed E-state index contributed by atoms with van der Waals surface area (Å²) in [5.41, 5.74) is 4.17. The first-order valence-corrected chi connectivity index (χ1v) is 7.47. The minimum Gasteiger partial charge on any atom is -0.504 e. The van der Waals surface area contributed by atoms with Crippen molar-refractivity contribution in [2.75, 3.05) is 12.0 Å². The molecule has 0 spiro atoms. The van der Waals surface area contributed by atoms with Gasteiger partial charge in [-0.05, 0) is 24.6 Å². The minimum atomic E-state index is -0.122. The maximum Gasteiger partial charge on any atom is 0.261 e. The Morgan fingerprint density at radius 1 is 1.30 bits per heavy atom. The standard InChI is InChI=1S/C18H16N2O3/c1-10-3-4-15-11(5-10)6-12-9-19-14-8-16(21)17(23-2)7-13(14)18(22)20(12)15/h3-5,7-9,12,21H,6H2,1-2H3/t12-/m0/s1. The van der Waals surface area contributed by atoms with Crippen molar-refractivity contribution < 1.29 is 14.6 Å². The molecule has 0 fully saturated rings. The molecule has 5 nitrogen and oxygen atoms in total. The topological polar surface area (TPSA) is 62.1 Å². The molecule has 2 aliphatic rings. The van der Waals surface area contributed by atoms with Gasteiger partial charge in [0.05, 0.1) is 24.4 Å². The molecule has 2 aromatic rings. The van der Waals surface area contributed by atoms with E-state index in [-0.39, 0.29) is 23.4 Å². The van der Waals surface area contributed by atoms with Crippen molar-refractivity contribution in [3.05, 3.63) is 47.0 Å². The van der Waals surface area contributed by atoms with Crippen molar-refractivity contribution >= 4 is 23.5 Å². The number of aliphatic imine (C=N–C) groups is 1. The van der Waals surface area contributed by atoms with Crippen molar-refractivity contribution in [3.63, 3.8) is 0 Å². The van der Waals surface area contributed by atoms with Gasteiger partial charge in [0.2, 0.25) is 0 Å². The molecule has 0 aromatic heterocycles. The fourth-order valence-electron chi connectivity index (χ4n) is 3.28. The van der Waals surface area contributed by atoms with Crippen LogP contribution in [0.1, 0.15) is 21.5 Å². The van der Waals surface area contributed by atoms with E-state index in [1.54, 1.807) is 17.2 Å². The van der Waals surface area contributed by atoms with E-state index in [1.807, 2.05) is 19.1 Å². The average molecular weight is 308 g/mol. The van der Waals surface area contributed by atoms with E-state index in [2.05, 4.69) is 11.1 Å². The molecular weight excluding hydrogens is 292 g/mol.